The van der Waals surface area contributed by atoms with Crippen molar-refractivity contribution in [3.05, 3.63) is 58.4 Å². The fourth-order valence-corrected chi connectivity index (χ4v) is 5.03. The molecule has 5 rings (SSSR count). The Labute approximate surface area is 197 Å². The van der Waals surface area contributed by atoms with Crippen LogP contribution in [0.3, 0.4) is 0 Å². The van der Waals surface area contributed by atoms with Gasteiger partial charge in [-0.15, -0.1) is 0 Å². The highest BCUT2D eigenvalue weighted by Gasteiger charge is 2.44. The molecule has 3 aliphatic heterocycles. The first-order chi connectivity index (χ1) is 16.3. The number of hydrogen-bond donors (Lipinski definition) is 1. The summed E-state index contributed by atoms with van der Waals surface area (Å²) in [5.41, 5.74) is 4.82. The van der Waals surface area contributed by atoms with Crippen LogP contribution in [0.15, 0.2) is 30.3 Å². The van der Waals surface area contributed by atoms with Gasteiger partial charge in [-0.05, 0) is 50.1 Å². The molecule has 1 N–H and O–H groups in total. The van der Waals surface area contributed by atoms with Crippen molar-refractivity contribution in [3.8, 4) is 0 Å². The van der Waals surface area contributed by atoms with Gasteiger partial charge in [-0.2, -0.15) is 0 Å². The number of nitrogens with zero attached hydrogens (tertiary/aromatic N) is 4. The van der Waals surface area contributed by atoms with E-state index in [1.807, 2.05) is 19.9 Å². The average molecular weight is 462 g/mol. The lowest BCUT2D eigenvalue weighted by molar-refractivity contribution is -0.136. The quantitative estimate of drug-likeness (QED) is 0.687. The van der Waals surface area contributed by atoms with E-state index in [1.54, 1.807) is 12.1 Å². The zero-order valence-corrected chi connectivity index (χ0v) is 19.3. The maximum Gasteiger partial charge on any atom is 0.262 e. The number of rotatable bonds is 4. The molecule has 4 amide bonds. The third-order valence-corrected chi connectivity index (χ3v) is 6.71. The third-order valence-electron chi connectivity index (χ3n) is 6.71. The van der Waals surface area contributed by atoms with E-state index in [4.69, 9.17) is 0 Å². The number of anilines is 1. The number of carbonyl (C=O) groups is 4. The van der Waals surface area contributed by atoms with Gasteiger partial charge in [-0.25, -0.2) is 0 Å². The van der Waals surface area contributed by atoms with Crippen LogP contribution in [0.1, 0.15) is 50.5 Å². The molecule has 2 saturated heterocycles. The number of aryl methyl sites for hydroxylation is 2. The van der Waals surface area contributed by atoms with Crippen LogP contribution in [0.25, 0.3) is 0 Å². The van der Waals surface area contributed by atoms with Gasteiger partial charge in [0.1, 0.15) is 6.04 Å². The number of fused-ring (bicyclic) bond motifs is 1. The lowest BCUT2D eigenvalue weighted by Gasteiger charge is -2.36. The van der Waals surface area contributed by atoms with Gasteiger partial charge >= 0.3 is 0 Å². The van der Waals surface area contributed by atoms with Gasteiger partial charge in [0, 0.05) is 56.2 Å². The number of nitrogens with one attached hydrogen (secondary N) is 1. The molecule has 3 aliphatic rings. The molecule has 4 heterocycles. The Hall–Kier alpha value is -3.59. The van der Waals surface area contributed by atoms with Gasteiger partial charge in [0.15, 0.2) is 0 Å². The minimum absolute atomic E-state index is 0.111. The SMILES string of the molecule is Cc1cc(N2CCN(Cc3ccc4c(c3)C(=O)N(C3CCC(=O)NC3=O)C4=O)CC2)cc(C)n1. The first-order valence-electron chi connectivity index (χ1n) is 11.6. The number of piperidine rings is 1. The molecule has 34 heavy (non-hydrogen) atoms. The van der Waals surface area contributed by atoms with E-state index in [-0.39, 0.29) is 18.7 Å². The Morgan fingerprint density at radius 2 is 1.59 bits per heavy atom. The summed E-state index contributed by atoms with van der Waals surface area (Å²) in [5, 5.41) is 2.22. The van der Waals surface area contributed by atoms with E-state index in [1.165, 1.54) is 5.69 Å². The molecule has 0 radical (unpaired) electrons. The zero-order chi connectivity index (χ0) is 24.0. The lowest BCUT2D eigenvalue weighted by Crippen LogP contribution is -2.54. The largest absolute Gasteiger partial charge is 0.369 e. The number of aromatic nitrogens is 1. The Morgan fingerprint density at radius 1 is 0.912 bits per heavy atom. The number of benzene rings is 1. The van der Waals surface area contributed by atoms with Crippen molar-refractivity contribution in [2.24, 2.45) is 0 Å². The second kappa shape index (κ2) is 8.64. The van der Waals surface area contributed by atoms with E-state index in [2.05, 4.69) is 32.2 Å². The molecule has 1 aromatic heterocycles. The van der Waals surface area contributed by atoms with Crippen molar-refractivity contribution in [1.82, 2.24) is 20.1 Å². The zero-order valence-electron chi connectivity index (χ0n) is 19.3. The second-order valence-corrected chi connectivity index (χ2v) is 9.20. The molecule has 2 fully saturated rings. The highest BCUT2D eigenvalue weighted by Crippen LogP contribution is 2.29. The Kier molecular flexibility index (Phi) is 5.65. The number of amides is 4. The topological polar surface area (TPSA) is 103 Å². The molecule has 9 nitrogen and oxygen atoms in total. The number of pyridine rings is 1. The minimum Gasteiger partial charge on any atom is -0.369 e. The van der Waals surface area contributed by atoms with Crippen molar-refractivity contribution in [2.75, 3.05) is 31.1 Å². The van der Waals surface area contributed by atoms with Crippen LogP contribution in [-0.2, 0) is 16.1 Å². The first kappa shape index (κ1) is 22.2. The number of imide groups is 2. The third kappa shape index (κ3) is 4.07. The summed E-state index contributed by atoms with van der Waals surface area (Å²) < 4.78 is 0. The number of hydrogen-bond acceptors (Lipinski definition) is 7. The fraction of sp³-hybridized carbons (Fsp3) is 0.400. The van der Waals surface area contributed by atoms with E-state index in [0.29, 0.717) is 17.7 Å². The first-order valence-corrected chi connectivity index (χ1v) is 11.6. The Bertz CT molecular complexity index is 1180. The molecule has 0 aliphatic carbocycles. The molecule has 0 spiro atoms. The molecule has 0 bridgehead atoms. The van der Waals surface area contributed by atoms with Crippen LogP contribution in [-0.4, -0.2) is 70.6 Å². The van der Waals surface area contributed by atoms with Gasteiger partial charge in [0.25, 0.3) is 11.8 Å². The minimum atomic E-state index is -0.943. The molecular formula is C25H27N5O4. The monoisotopic (exact) mass is 461 g/mol. The van der Waals surface area contributed by atoms with Gasteiger partial charge in [-0.3, -0.25) is 39.3 Å². The summed E-state index contributed by atoms with van der Waals surface area (Å²) in [6.45, 7) is 8.25. The summed E-state index contributed by atoms with van der Waals surface area (Å²) >= 11 is 0. The molecule has 1 aromatic carbocycles. The van der Waals surface area contributed by atoms with Crippen LogP contribution in [0.5, 0.6) is 0 Å². The fourth-order valence-electron chi connectivity index (χ4n) is 5.03. The second-order valence-electron chi connectivity index (χ2n) is 9.20. The van der Waals surface area contributed by atoms with Crippen LogP contribution in [0, 0.1) is 13.8 Å². The lowest BCUT2D eigenvalue weighted by atomic mass is 10.0. The van der Waals surface area contributed by atoms with Crippen LogP contribution >= 0.6 is 0 Å². The normalized spacial score (nSPS) is 21.2. The summed E-state index contributed by atoms with van der Waals surface area (Å²) in [6, 6.07) is 8.60. The van der Waals surface area contributed by atoms with Crippen molar-refractivity contribution in [1.29, 1.82) is 0 Å². The maximum absolute atomic E-state index is 13.0. The molecule has 1 atom stereocenters. The smallest absolute Gasteiger partial charge is 0.262 e. The maximum atomic E-state index is 13.0. The molecular weight excluding hydrogens is 434 g/mol. The van der Waals surface area contributed by atoms with Crippen LogP contribution in [0.4, 0.5) is 5.69 Å². The van der Waals surface area contributed by atoms with Crippen molar-refractivity contribution < 1.29 is 19.2 Å². The standard InChI is InChI=1S/C25H27N5O4/c1-15-11-18(12-16(2)26-15)29-9-7-28(8-10-29)14-17-3-4-19-20(13-17)25(34)30(24(19)33)21-5-6-22(31)27-23(21)32/h3-4,11-13,21H,5-10,14H2,1-2H3,(H,27,31,32). The van der Waals surface area contributed by atoms with E-state index >= 15 is 0 Å². The van der Waals surface area contributed by atoms with Crippen molar-refractivity contribution >= 4 is 29.3 Å². The molecule has 176 valence electrons. The van der Waals surface area contributed by atoms with Gasteiger partial charge in [-0.1, -0.05) is 6.07 Å². The van der Waals surface area contributed by atoms with E-state index in [9.17, 15) is 19.2 Å². The van der Waals surface area contributed by atoms with Crippen LogP contribution < -0.4 is 10.2 Å². The molecule has 2 aromatic rings. The van der Waals surface area contributed by atoms with Gasteiger partial charge < -0.3 is 4.90 Å². The Morgan fingerprint density at radius 3 is 2.26 bits per heavy atom. The Balaban J connectivity index is 1.25. The highest BCUT2D eigenvalue weighted by molar-refractivity contribution is 6.23. The predicted molar refractivity (Wildman–Crippen MR) is 124 cm³/mol. The predicted octanol–water partition coefficient (Wildman–Crippen LogP) is 1.42. The summed E-state index contributed by atoms with van der Waals surface area (Å²) in [4.78, 5) is 59.8. The van der Waals surface area contributed by atoms with Crippen molar-refractivity contribution in [3.63, 3.8) is 0 Å². The molecule has 9 heteroatoms. The average Bonchev–Trinajstić information content (AvgIpc) is 3.03. The molecule has 0 saturated carbocycles. The van der Waals surface area contributed by atoms with Crippen molar-refractivity contribution in [2.45, 2.75) is 39.3 Å². The van der Waals surface area contributed by atoms with E-state index < -0.39 is 23.8 Å². The van der Waals surface area contributed by atoms with E-state index in [0.717, 1.165) is 48.0 Å². The number of piperazine rings is 1. The summed E-state index contributed by atoms with van der Waals surface area (Å²) in [7, 11) is 0. The highest BCUT2D eigenvalue weighted by atomic mass is 16.2. The van der Waals surface area contributed by atoms with Gasteiger partial charge in [0.05, 0.1) is 11.1 Å². The summed E-state index contributed by atoms with van der Waals surface area (Å²) in [6.07, 6.45) is 0.267. The number of carbonyl (C=O) groups excluding carboxylic acids is 4. The molecule has 1 unspecified atom stereocenters. The van der Waals surface area contributed by atoms with Gasteiger partial charge in [0.2, 0.25) is 11.8 Å². The van der Waals surface area contributed by atoms with Crippen LogP contribution in [0.2, 0.25) is 0 Å². The summed E-state index contributed by atoms with van der Waals surface area (Å²) in [5.74, 6) is -1.92.